The number of carbonyl (C=O) groups excluding carboxylic acids is 1. The molecule has 0 saturated heterocycles. The minimum Gasteiger partial charge on any atom is -0.493 e. The van der Waals surface area contributed by atoms with Gasteiger partial charge in [0.2, 0.25) is 5.13 Å². The van der Waals surface area contributed by atoms with Crippen molar-refractivity contribution in [2.75, 3.05) is 19.5 Å². The maximum Gasteiger partial charge on any atom is 0.278 e. The maximum absolute atomic E-state index is 13.1. The number of rotatable bonds is 5. The summed E-state index contributed by atoms with van der Waals surface area (Å²) in [6, 6.07) is 13.6. The summed E-state index contributed by atoms with van der Waals surface area (Å²) < 4.78 is 12.8. The molecular formula is C22H19N5O3S. The Labute approximate surface area is 182 Å². The van der Waals surface area contributed by atoms with E-state index in [0.29, 0.717) is 28.7 Å². The fourth-order valence-electron chi connectivity index (χ4n) is 3.81. The number of ether oxygens (including phenoxy) is 2. The average molecular weight is 433 g/mol. The number of aryl methyl sites for hydroxylation is 1. The lowest BCUT2D eigenvalue weighted by molar-refractivity contribution is 0.102. The molecule has 0 fully saturated rings. The van der Waals surface area contributed by atoms with Gasteiger partial charge in [0.1, 0.15) is 5.01 Å². The van der Waals surface area contributed by atoms with Gasteiger partial charge in [0.15, 0.2) is 17.2 Å². The number of anilines is 1. The molecule has 5 rings (SSSR count). The third-order valence-electron chi connectivity index (χ3n) is 5.18. The number of carbonyl (C=O) groups is 1. The number of fused-ring (bicyclic) bond motifs is 3. The van der Waals surface area contributed by atoms with Crippen LogP contribution in [0.4, 0.5) is 5.13 Å². The van der Waals surface area contributed by atoms with Crippen molar-refractivity contribution in [3.8, 4) is 28.4 Å². The van der Waals surface area contributed by atoms with E-state index in [1.807, 2.05) is 54.1 Å². The smallest absolute Gasteiger partial charge is 0.278 e. The minimum absolute atomic E-state index is 0.311. The summed E-state index contributed by atoms with van der Waals surface area (Å²) in [6.07, 6.45) is 0.565. The van der Waals surface area contributed by atoms with Gasteiger partial charge < -0.3 is 9.47 Å². The van der Waals surface area contributed by atoms with E-state index in [1.165, 1.54) is 11.3 Å². The second-order valence-electron chi connectivity index (χ2n) is 7.04. The van der Waals surface area contributed by atoms with Crippen molar-refractivity contribution in [1.82, 2.24) is 20.0 Å². The van der Waals surface area contributed by atoms with Crippen LogP contribution in [-0.4, -0.2) is 40.1 Å². The van der Waals surface area contributed by atoms with Gasteiger partial charge in [-0.15, -0.1) is 10.2 Å². The highest BCUT2D eigenvalue weighted by Gasteiger charge is 2.32. The van der Waals surface area contributed by atoms with Gasteiger partial charge in [-0.05, 0) is 36.8 Å². The van der Waals surface area contributed by atoms with E-state index in [1.54, 1.807) is 14.2 Å². The van der Waals surface area contributed by atoms with Gasteiger partial charge in [0.25, 0.3) is 5.91 Å². The predicted octanol–water partition coefficient (Wildman–Crippen LogP) is 3.87. The molecule has 8 nitrogen and oxygen atoms in total. The van der Waals surface area contributed by atoms with Crippen molar-refractivity contribution < 1.29 is 14.3 Å². The number of para-hydroxylation sites is 1. The summed E-state index contributed by atoms with van der Waals surface area (Å²) in [7, 11) is 3.22. The second-order valence-corrected chi connectivity index (χ2v) is 8.23. The van der Waals surface area contributed by atoms with Crippen molar-refractivity contribution in [2.24, 2.45) is 0 Å². The summed E-state index contributed by atoms with van der Waals surface area (Å²) >= 11 is 1.32. The molecule has 0 unspecified atom stereocenters. The Balaban J connectivity index is 1.66. The quantitative estimate of drug-likeness (QED) is 0.452. The van der Waals surface area contributed by atoms with Gasteiger partial charge in [-0.1, -0.05) is 29.5 Å². The molecule has 1 aliphatic carbocycles. The third kappa shape index (κ3) is 3.23. The molecule has 0 bridgehead atoms. The summed E-state index contributed by atoms with van der Waals surface area (Å²) in [5.74, 6) is 0.972. The van der Waals surface area contributed by atoms with Crippen LogP contribution in [-0.2, 0) is 6.42 Å². The number of benzene rings is 2. The molecule has 0 aliphatic heterocycles. The van der Waals surface area contributed by atoms with E-state index in [2.05, 4.69) is 15.5 Å². The number of aromatic nitrogens is 4. The number of methoxy groups -OCH3 is 2. The van der Waals surface area contributed by atoms with Crippen LogP contribution < -0.4 is 14.8 Å². The lowest BCUT2D eigenvalue weighted by Gasteiger charge is -2.12. The summed E-state index contributed by atoms with van der Waals surface area (Å²) in [5, 5.41) is 16.7. The van der Waals surface area contributed by atoms with E-state index < -0.39 is 0 Å². The van der Waals surface area contributed by atoms with Gasteiger partial charge in [0.05, 0.1) is 25.6 Å². The third-order valence-corrected chi connectivity index (χ3v) is 5.93. The van der Waals surface area contributed by atoms with Crippen LogP contribution in [0.2, 0.25) is 0 Å². The summed E-state index contributed by atoms with van der Waals surface area (Å²) in [5.41, 5.74) is 4.98. The van der Waals surface area contributed by atoms with Crippen molar-refractivity contribution in [1.29, 1.82) is 0 Å². The van der Waals surface area contributed by atoms with E-state index in [4.69, 9.17) is 14.6 Å². The highest BCUT2D eigenvalue weighted by molar-refractivity contribution is 7.15. The number of nitrogens with one attached hydrogen (secondary N) is 1. The predicted molar refractivity (Wildman–Crippen MR) is 118 cm³/mol. The molecule has 4 aromatic rings. The Morgan fingerprint density at radius 2 is 1.84 bits per heavy atom. The van der Waals surface area contributed by atoms with E-state index in [9.17, 15) is 4.79 Å². The van der Waals surface area contributed by atoms with Crippen LogP contribution in [0.1, 0.15) is 26.6 Å². The van der Waals surface area contributed by atoms with Crippen LogP contribution in [0.3, 0.4) is 0 Å². The molecule has 2 heterocycles. The Bertz CT molecular complexity index is 1300. The van der Waals surface area contributed by atoms with Gasteiger partial charge >= 0.3 is 0 Å². The first-order valence-electron chi connectivity index (χ1n) is 9.63. The van der Waals surface area contributed by atoms with Crippen LogP contribution >= 0.6 is 11.3 Å². The topological polar surface area (TPSA) is 91.2 Å². The van der Waals surface area contributed by atoms with E-state index >= 15 is 0 Å². The summed E-state index contributed by atoms with van der Waals surface area (Å²) in [6.45, 7) is 1.84. The Kier molecular flexibility index (Phi) is 4.67. The molecule has 156 valence electrons. The fraction of sp³-hybridized carbons (Fsp3) is 0.182. The zero-order valence-corrected chi connectivity index (χ0v) is 18.0. The molecule has 31 heavy (non-hydrogen) atoms. The lowest BCUT2D eigenvalue weighted by Crippen LogP contribution is -2.15. The zero-order chi connectivity index (χ0) is 21.5. The van der Waals surface area contributed by atoms with Gasteiger partial charge in [-0.3, -0.25) is 10.1 Å². The Hall–Kier alpha value is -3.72. The largest absolute Gasteiger partial charge is 0.493 e. The minimum atomic E-state index is -0.311. The molecule has 0 radical (unpaired) electrons. The lowest BCUT2D eigenvalue weighted by atomic mass is 10.1. The molecular weight excluding hydrogens is 414 g/mol. The molecule has 2 aromatic carbocycles. The molecule has 0 atom stereocenters. The monoisotopic (exact) mass is 433 g/mol. The molecule has 1 aliphatic rings. The highest BCUT2D eigenvalue weighted by atomic mass is 32.1. The van der Waals surface area contributed by atoms with Crippen LogP contribution in [0.15, 0.2) is 42.5 Å². The van der Waals surface area contributed by atoms with Gasteiger partial charge in [-0.25, -0.2) is 4.68 Å². The maximum atomic E-state index is 13.1. The Morgan fingerprint density at radius 1 is 1.10 bits per heavy atom. The highest BCUT2D eigenvalue weighted by Crippen LogP contribution is 2.44. The molecule has 1 N–H and O–H groups in total. The van der Waals surface area contributed by atoms with Crippen LogP contribution in [0.5, 0.6) is 11.5 Å². The van der Waals surface area contributed by atoms with Crippen molar-refractivity contribution >= 4 is 22.4 Å². The average Bonchev–Trinajstić information content (AvgIpc) is 3.47. The normalized spacial score (nSPS) is 11.7. The number of hydrogen-bond donors (Lipinski definition) is 1. The van der Waals surface area contributed by atoms with Crippen LogP contribution in [0.25, 0.3) is 16.9 Å². The van der Waals surface area contributed by atoms with E-state index in [-0.39, 0.29) is 5.91 Å². The standard InChI is InChI=1S/C22H19N5O3S/c1-12-24-25-22(31-12)23-21(28)19-16-9-13-10-17(29-2)18(30-3)11-15(13)20(16)27(26-19)14-7-5-4-6-8-14/h4-8,10-11H,9H2,1-3H3,(H,23,25,28). The first-order valence-corrected chi connectivity index (χ1v) is 10.4. The summed E-state index contributed by atoms with van der Waals surface area (Å²) in [4.78, 5) is 13.1. The molecule has 0 saturated carbocycles. The van der Waals surface area contributed by atoms with Crippen molar-refractivity contribution in [3.05, 3.63) is 64.3 Å². The molecule has 2 aromatic heterocycles. The zero-order valence-electron chi connectivity index (χ0n) is 17.2. The number of nitrogens with zero attached hydrogens (tertiary/aromatic N) is 4. The van der Waals surface area contributed by atoms with Crippen LogP contribution in [0, 0.1) is 6.92 Å². The van der Waals surface area contributed by atoms with Gasteiger partial charge in [0, 0.05) is 17.5 Å². The van der Waals surface area contributed by atoms with Crippen molar-refractivity contribution in [2.45, 2.75) is 13.3 Å². The fourth-order valence-corrected chi connectivity index (χ4v) is 4.40. The number of amides is 1. The second kappa shape index (κ2) is 7.51. The molecule has 9 heteroatoms. The molecule has 1 amide bonds. The first-order chi connectivity index (χ1) is 15.1. The molecule has 0 spiro atoms. The Morgan fingerprint density at radius 3 is 2.52 bits per heavy atom. The van der Waals surface area contributed by atoms with Gasteiger partial charge in [-0.2, -0.15) is 5.10 Å². The first kappa shape index (κ1) is 19.3. The van der Waals surface area contributed by atoms with E-state index in [0.717, 1.165) is 33.1 Å². The number of hydrogen-bond acceptors (Lipinski definition) is 7. The van der Waals surface area contributed by atoms with Crippen molar-refractivity contribution in [3.63, 3.8) is 0 Å². The SMILES string of the molecule is COc1cc2c(cc1OC)-c1c(c(C(=O)Nc3nnc(C)s3)nn1-c1ccccc1)C2.